The Morgan fingerprint density at radius 3 is 2.18 bits per heavy atom. The molecule has 156 valence electrons. The van der Waals surface area contributed by atoms with Crippen molar-refractivity contribution in [2.24, 2.45) is 0 Å². The zero-order chi connectivity index (χ0) is 20.0. The standard InChI is InChI=1S/C21H30N2O3S.ClH/c1-16-7-6-8-17(2)21(16)26-15-18(3)23(4)14-13-19-9-11-20(12-10-19)22-27(5,24)25;/h6-12,18,22H,13-15H2,1-5H3;1H/t18-;/m0./s1. The highest BCUT2D eigenvalue weighted by molar-refractivity contribution is 7.92. The van der Waals surface area contributed by atoms with Crippen LogP contribution in [0.3, 0.4) is 0 Å². The minimum absolute atomic E-state index is 0. The van der Waals surface area contributed by atoms with Gasteiger partial charge < -0.3 is 4.74 Å². The summed E-state index contributed by atoms with van der Waals surface area (Å²) in [6.45, 7) is 7.83. The van der Waals surface area contributed by atoms with Gasteiger partial charge in [0.2, 0.25) is 10.0 Å². The van der Waals surface area contributed by atoms with Crippen LogP contribution in [0.4, 0.5) is 5.69 Å². The summed E-state index contributed by atoms with van der Waals surface area (Å²) < 4.78 is 31.0. The highest BCUT2D eigenvalue weighted by atomic mass is 35.5. The number of para-hydroxylation sites is 1. The molecule has 0 aromatic heterocycles. The van der Waals surface area contributed by atoms with E-state index in [1.165, 1.54) is 5.56 Å². The maximum Gasteiger partial charge on any atom is 0.229 e. The quantitative estimate of drug-likeness (QED) is 0.657. The molecule has 0 bridgehead atoms. The molecule has 7 heteroatoms. The van der Waals surface area contributed by atoms with E-state index in [0.717, 1.165) is 36.1 Å². The van der Waals surface area contributed by atoms with E-state index in [4.69, 9.17) is 4.74 Å². The highest BCUT2D eigenvalue weighted by Crippen LogP contribution is 2.22. The highest BCUT2D eigenvalue weighted by Gasteiger charge is 2.12. The Kier molecular flexibility index (Phi) is 9.27. The van der Waals surface area contributed by atoms with Crippen LogP contribution < -0.4 is 9.46 Å². The first-order chi connectivity index (χ1) is 12.7. The molecule has 0 aliphatic carbocycles. The van der Waals surface area contributed by atoms with Gasteiger partial charge in [0.1, 0.15) is 12.4 Å². The molecule has 1 N–H and O–H groups in total. The molecule has 2 aromatic rings. The molecule has 28 heavy (non-hydrogen) atoms. The van der Waals surface area contributed by atoms with Crippen LogP contribution in [-0.4, -0.2) is 45.8 Å². The largest absolute Gasteiger partial charge is 0.491 e. The van der Waals surface area contributed by atoms with Gasteiger partial charge >= 0.3 is 0 Å². The summed E-state index contributed by atoms with van der Waals surface area (Å²) in [6, 6.07) is 14.0. The summed E-state index contributed by atoms with van der Waals surface area (Å²) in [5.41, 5.74) is 4.08. The SMILES string of the molecule is Cc1cccc(C)c1OC[C@H](C)N(C)CCc1ccc(NS(C)(=O)=O)cc1.Cl. The Balaban J connectivity index is 0.00000392. The first-order valence-corrected chi connectivity index (χ1v) is 11.0. The molecule has 1 atom stereocenters. The van der Waals surface area contributed by atoms with E-state index in [0.29, 0.717) is 12.3 Å². The van der Waals surface area contributed by atoms with Crippen LogP contribution >= 0.6 is 12.4 Å². The minimum Gasteiger partial charge on any atom is -0.491 e. The third-order valence-electron chi connectivity index (χ3n) is 4.64. The number of hydrogen-bond acceptors (Lipinski definition) is 4. The molecular weight excluding hydrogens is 396 g/mol. The van der Waals surface area contributed by atoms with Crippen LogP contribution in [0.2, 0.25) is 0 Å². The van der Waals surface area contributed by atoms with Crippen LogP contribution in [0.1, 0.15) is 23.6 Å². The van der Waals surface area contributed by atoms with E-state index in [9.17, 15) is 8.42 Å². The van der Waals surface area contributed by atoms with Crippen molar-refractivity contribution in [1.29, 1.82) is 0 Å². The van der Waals surface area contributed by atoms with Crippen LogP contribution in [-0.2, 0) is 16.4 Å². The van der Waals surface area contributed by atoms with Crippen molar-refractivity contribution in [1.82, 2.24) is 4.90 Å². The number of anilines is 1. The molecule has 0 fully saturated rings. The first kappa shape index (κ1) is 24.3. The van der Waals surface area contributed by atoms with E-state index in [1.54, 1.807) is 12.1 Å². The predicted molar refractivity (Wildman–Crippen MR) is 119 cm³/mol. The van der Waals surface area contributed by atoms with Crippen molar-refractivity contribution in [2.75, 3.05) is 31.2 Å². The van der Waals surface area contributed by atoms with Gasteiger partial charge in [0.15, 0.2) is 0 Å². The van der Waals surface area contributed by atoms with E-state index in [1.807, 2.05) is 18.2 Å². The van der Waals surface area contributed by atoms with Gasteiger partial charge in [-0.1, -0.05) is 30.3 Å². The van der Waals surface area contributed by atoms with Gasteiger partial charge in [0.05, 0.1) is 6.26 Å². The van der Waals surface area contributed by atoms with Gasteiger partial charge in [-0.2, -0.15) is 0 Å². The van der Waals surface area contributed by atoms with Crippen LogP contribution in [0.5, 0.6) is 5.75 Å². The van der Waals surface area contributed by atoms with Gasteiger partial charge in [-0.25, -0.2) is 8.42 Å². The first-order valence-electron chi connectivity index (χ1n) is 9.11. The van der Waals surface area contributed by atoms with E-state index >= 15 is 0 Å². The van der Waals surface area contributed by atoms with Crippen molar-refractivity contribution in [3.63, 3.8) is 0 Å². The molecule has 0 saturated heterocycles. The molecule has 0 aliphatic rings. The number of ether oxygens (including phenoxy) is 1. The number of nitrogens with zero attached hydrogens (tertiary/aromatic N) is 1. The van der Waals surface area contributed by atoms with Gasteiger partial charge in [0.25, 0.3) is 0 Å². The Bertz CT molecular complexity index is 834. The molecule has 0 radical (unpaired) electrons. The van der Waals surface area contributed by atoms with E-state index < -0.39 is 10.0 Å². The minimum atomic E-state index is -3.23. The van der Waals surface area contributed by atoms with Crippen molar-refractivity contribution >= 4 is 28.1 Å². The molecule has 0 heterocycles. The van der Waals surface area contributed by atoms with Crippen LogP contribution in [0.25, 0.3) is 0 Å². The average Bonchev–Trinajstić information content (AvgIpc) is 2.59. The van der Waals surface area contributed by atoms with Crippen molar-refractivity contribution in [3.8, 4) is 5.75 Å². The van der Waals surface area contributed by atoms with Crippen LogP contribution in [0.15, 0.2) is 42.5 Å². The number of nitrogens with one attached hydrogen (secondary N) is 1. The third-order valence-corrected chi connectivity index (χ3v) is 5.25. The smallest absolute Gasteiger partial charge is 0.229 e. The summed E-state index contributed by atoms with van der Waals surface area (Å²) in [5.74, 6) is 0.978. The molecule has 5 nitrogen and oxygen atoms in total. The maximum absolute atomic E-state index is 11.3. The summed E-state index contributed by atoms with van der Waals surface area (Å²) in [4.78, 5) is 2.27. The van der Waals surface area contributed by atoms with E-state index in [-0.39, 0.29) is 18.4 Å². The number of halogens is 1. The lowest BCUT2D eigenvalue weighted by Crippen LogP contribution is -2.35. The fraction of sp³-hybridized carbons (Fsp3) is 0.429. The monoisotopic (exact) mass is 426 g/mol. The normalized spacial score (nSPS) is 12.4. The second kappa shape index (κ2) is 10.7. The Morgan fingerprint density at radius 1 is 1.07 bits per heavy atom. The fourth-order valence-electron chi connectivity index (χ4n) is 2.84. The number of sulfonamides is 1. The Labute approximate surface area is 175 Å². The topological polar surface area (TPSA) is 58.6 Å². The summed E-state index contributed by atoms with van der Waals surface area (Å²) >= 11 is 0. The molecule has 2 aromatic carbocycles. The molecule has 0 spiro atoms. The molecule has 0 aliphatic heterocycles. The van der Waals surface area contributed by atoms with Gasteiger partial charge in [-0.15, -0.1) is 12.4 Å². The summed E-state index contributed by atoms with van der Waals surface area (Å²) in [5, 5.41) is 0. The fourth-order valence-corrected chi connectivity index (χ4v) is 3.40. The zero-order valence-corrected chi connectivity index (χ0v) is 18.9. The Morgan fingerprint density at radius 2 is 1.64 bits per heavy atom. The number of likely N-dealkylation sites (N-methyl/N-ethyl adjacent to an activating group) is 1. The third kappa shape index (κ3) is 7.70. The van der Waals surface area contributed by atoms with Crippen molar-refractivity contribution in [2.45, 2.75) is 33.2 Å². The average molecular weight is 427 g/mol. The summed E-state index contributed by atoms with van der Waals surface area (Å²) in [7, 11) is -1.14. The van der Waals surface area contributed by atoms with Crippen molar-refractivity contribution in [3.05, 3.63) is 59.2 Å². The predicted octanol–water partition coefficient (Wildman–Crippen LogP) is 4.04. The summed E-state index contributed by atoms with van der Waals surface area (Å²) in [6.07, 6.45) is 2.04. The maximum atomic E-state index is 11.3. The molecule has 2 rings (SSSR count). The number of benzene rings is 2. The second-order valence-electron chi connectivity index (χ2n) is 7.18. The lowest BCUT2D eigenvalue weighted by atomic mass is 10.1. The number of rotatable bonds is 9. The molecule has 0 saturated carbocycles. The lowest BCUT2D eigenvalue weighted by Gasteiger charge is -2.25. The van der Waals surface area contributed by atoms with Crippen LogP contribution in [0, 0.1) is 13.8 Å². The lowest BCUT2D eigenvalue weighted by molar-refractivity contribution is 0.173. The van der Waals surface area contributed by atoms with Crippen molar-refractivity contribution < 1.29 is 13.2 Å². The number of aryl methyl sites for hydroxylation is 2. The second-order valence-corrected chi connectivity index (χ2v) is 8.93. The molecular formula is C21H31ClN2O3S. The zero-order valence-electron chi connectivity index (χ0n) is 17.2. The number of hydrogen-bond donors (Lipinski definition) is 1. The Hall–Kier alpha value is -1.76. The molecule has 0 unspecified atom stereocenters. The van der Waals surface area contributed by atoms with Gasteiger partial charge in [-0.05, 0) is 63.1 Å². The van der Waals surface area contributed by atoms with Gasteiger partial charge in [0, 0.05) is 18.3 Å². The van der Waals surface area contributed by atoms with Gasteiger partial charge in [-0.3, -0.25) is 9.62 Å². The van der Waals surface area contributed by atoms with E-state index in [2.05, 4.69) is 49.6 Å². The molecule has 0 amide bonds.